The van der Waals surface area contributed by atoms with Crippen molar-refractivity contribution in [2.24, 2.45) is 5.73 Å². The van der Waals surface area contributed by atoms with Crippen molar-refractivity contribution in [2.75, 3.05) is 18.8 Å². The van der Waals surface area contributed by atoms with E-state index >= 15 is 0 Å². The quantitative estimate of drug-likeness (QED) is 0.920. The molecule has 2 rings (SSSR count). The molecular weight excluding hydrogens is 260 g/mol. The zero-order valence-electron chi connectivity index (χ0n) is 11.6. The molecule has 1 saturated heterocycles. The molecule has 0 bridgehead atoms. The van der Waals surface area contributed by atoms with E-state index < -0.39 is 0 Å². The minimum Gasteiger partial charge on any atom is -0.326 e. The molecule has 0 amide bonds. The second-order valence-corrected chi connectivity index (χ2v) is 7.88. The van der Waals surface area contributed by atoms with Gasteiger partial charge in [0.25, 0.3) is 0 Å². The molecule has 3 unspecified atom stereocenters. The smallest absolute Gasteiger partial charge is 0.0591 e. The molecule has 0 aliphatic carbocycles. The van der Waals surface area contributed by atoms with Gasteiger partial charge in [-0.15, -0.1) is 11.3 Å². The van der Waals surface area contributed by atoms with Crippen LogP contribution in [0.15, 0.2) is 12.1 Å². The van der Waals surface area contributed by atoms with Crippen LogP contribution in [0.4, 0.5) is 0 Å². The summed E-state index contributed by atoms with van der Waals surface area (Å²) in [4.78, 5) is 5.42. The van der Waals surface area contributed by atoms with Gasteiger partial charge in [-0.05, 0) is 32.4 Å². The van der Waals surface area contributed by atoms with Crippen molar-refractivity contribution in [3.63, 3.8) is 0 Å². The standard InChI is InChI=1S/C14H24N2S2/c1-4-12-9-16(7-8-17-12)14(11(3)15)13-6-5-10(2)18-13/h5-6,11-12,14H,4,7-9,15H2,1-3H3. The Morgan fingerprint density at radius 1 is 1.50 bits per heavy atom. The minimum absolute atomic E-state index is 0.198. The van der Waals surface area contributed by atoms with E-state index in [-0.39, 0.29) is 6.04 Å². The summed E-state index contributed by atoms with van der Waals surface area (Å²) in [6, 6.07) is 5.07. The van der Waals surface area contributed by atoms with E-state index in [0.717, 1.165) is 5.25 Å². The van der Waals surface area contributed by atoms with Gasteiger partial charge in [0.05, 0.1) is 6.04 Å². The lowest BCUT2D eigenvalue weighted by molar-refractivity contribution is 0.184. The normalized spacial score (nSPS) is 25.0. The predicted octanol–water partition coefficient (Wildman–Crippen LogP) is 3.27. The van der Waals surface area contributed by atoms with Crippen molar-refractivity contribution >= 4 is 23.1 Å². The van der Waals surface area contributed by atoms with Gasteiger partial charge in [-0.3, -0.25) is 4.90 Å². The number of aryl methyl sites for hydroxylation is 1. The van der Waals surface area contributed by atoms with E-state index in [0.29, 0.717) is 6.04 Å². The first-order valence-electron chi connectivity index (χ1n) is 6.79. The first-order valence-corrected chi connectivity index (χ1v) is 8.66. The highest BCUT2D eigenvalue weighted by Crippen LogP contribution is 2.33. The third-order valence-corrected chi connectivity index (χ3v) is 6.01. The van der Waals surface area contributed by atoms with E-state index in [9.17, 15) is 0 Å². The maximum atomic E-state index is 6.25. The summed E-state index contributed by atoms with van der Waals surface area (Å²) in [5, 5.41) is 0.779. The fourth-order valence-corrected chi connectivity index (χ4v) is 4.96. The molecule has 0 radical (unpaired) electrons. The topological polar surface area (TPSA) is 29.3 Å². The lowest BCUT2D eigenvalue weighted by atomic mass is 10.1. The highest BCUT2D eigenvalue weighted by molar-refractivity contribution is 8.00. The van der Waals surface area contributed by atoms with Crippen molar-refractivity contribution in [1.82, 2.24) is 4.90 Å². The molecule has 1 aliphatic heterocycles. The van der Waals surface area contributed by atoms with Crippen LogP contribution in [0.2, 0.25) is 0 Å². The third kappa shape index (κ3) is 3.29. The van der Waals surface area contributed by atoms with Gasteiger partial charge in [0.2, 0.25) is 0 Å². The number of nitrogens with two attached hydrogens (primary N) is 1. The molecule has 1 aromatic heterocycles. The van der Waals surface area contributed by atoms with Crippen LogP contribution in [0, 0.1) is 6.92 Å². The van der Waals surface area contributed by atoms with E-state index in [1.807, 2.05) is 11.3 Å². The van der Waals surface area contributed by atoms with Crippen LogP contribution in [0.1, 0.15) is 36.1 Å². The van der Waals surface area contributed by atoms with Crippen molar-refractivity contribution < 1.29 is 0 Å². The van der Waals surface area contributed by atoms with E-state index in [2.05, 4.69) is 49.6 Å². The maximum absolute atomic E-state index is 6.25. The zero-order chi connectivity index (χ0) is 13.1. The van der Waals surface area contributed by atoms with Gasteiger partial charge in [-0.2, -0.15) is 11.8 Å². The van der Waals surface area contributed by atoms with Gasteiger partial charge < -0.3 is 5.73 Å². The van der Waals surface area contributed by atoms with Crippen molar-refractivity contribution in [2.45, 2.75) is 44.5 Å². The Kier molecular flexibility index (Phi) is 5.13. The Bertz CT molecular complexity index is 376. The number of hydrogen-bond donors (Lipinski definition) is 1. The Hall–Kier alpha value is -0.0300. The van der Waals surface area contributed by atoms with Crippen LogP contribution in [0.5, 0.6) is 0 Å². The number of thioether (sulfide) groups is 1. The molecule has 3 atom stereocenters. The number of hydrogen-bond acceptors (Lipinski definition) is 4. The molecule has 2 heterocycles. The third-order valence-electron chi connectivity index (χ3n) is 3.57. The molecule has 1 aromatic rings. The summed E-state index contributed by atoms with van der Waals surface area (Å²) in [5.74, 6) is 1.24. The fraction of sp³-hybridized carbons (Fsp3) is 0.714. The van der Waals surface area contributed by atoms with Gasteiger partial charge in [0.1, 0.15) is 0 Å². The van der Waals surface area contributed by atoms with Gasteiger partial charge in [0.15, 0.2) is 0 Å². The summed E-state index contributed by atoms with van der Waals surface area (Å²) in [5.41, 5.74) is 6.25. The summed E-state index contributed by atoms with van der Waals surface area (Å²) in [7, 11) is 0. The molecule has 2 nitrogen and oxygen atoms in total. The Morgan fingerprint density at radius 2 is 2.28 bits per heavy atom. The first-order chi connectivity index (χ1) is 8.61. The predicted molar refractivity (Wildman–Crippen MR) is 83.6 cm³/mol. The summed E-state index contributed by atoms with van der Waals surface area (Å²) >= 11 is 4.02. The molecule has 1 fully saturated rings. The van der Waals surface area contributed by atoms with Gasteiger partial charge in [-0.1, -0.05) is 6.92 Å². The highest BCUT2D eigenvalue weighted by Gasteiger charge is 2.29. The number of thiophene rings is 1. The summed E-state index contributed by atoms with van der Waals surface area (Å²) < 4.78 is 0. The Labute approximate surface area is 119 Å². The highest BCUT2D eigenvalue weighted by atomic mass is 32.2. The molecular formula is C14H24N2S2. The van der Waals surface area contributed by atoms with E-state index in [1.54, 1.807) is 0 Å². The van der Waals surface area contributed by atoms with Crippen molar-refractivity contribution in [1.29, 1.82) is 0 Å². The average molecular weight is 284 g/mol. The van der Waals surface area contributed by atoms with Gasteiger partial charge in [0, 0.05) is 39.9 Å². The Balaban J connectivity index is 2.14. The lowest BCUT2D eigenvalue weighted by Gasteiger charge is -2.39. The van der Waals surface area contributed by atoms with Crippen molar-refractivity contribution in [3.8, 4) is 0 Å². The molecule has 0 aromatic carbocycles. The molecule has 0 spiro atoms. The molecule has 18 heavy (non-hydrogen) atoms. The maximum Gasteiger partial charge on any atom is 0.0591 e. The molecule has 102 valence electrons. The minimum atomic E-state index is 0.198. The second-order valence-electron chi connectivity index (χ2n) is 5.15. The Morgan fingerprint density at radius 3 is 2.83 bits per heavy atom. The van der Waals surface area contributed by atoms with Gasteiger partial charge in [-0.25, -0.2) is 0 Å². The van der Waals surface area contributed by atoms with Crippen LogP contribution in [0.25, 0.3) is 0 Å². The fourth-order valence-electron chi connectivity index (χ4n) is 2.63. The van der Waals surface area contributed by atoms with Crippen LogP contribution < -0.4 is 5.73 Å². The van der Waals surface area contributed by atoms with Crippen molar-refractivity contribution in [3.05, 3.63) is 21.9 Å². The second kappa shape index (κ2) is 6.42. The molecule has 2 N–H and O–H groups in total. The zero-order valence-corrected chi connectivity index (χ0v) is 13.2. The largest absolute Gasteiger partial charge is 0.326 e. The van der Waals surface area contributed by atoms with Crippen LogP contribution in [0.3, 0.4) is 0 Å². The monoisotopic (exact) mass is 284 g/mol. The van der Waals surface area contributed by atoms with Crippen LogP contribution >= 0.6 is 23.1 Å². The summed E-state index contributed by atoms with van der Waals surface area (Å²) in [6.45, 7) is 8.96. The molecule has 4 heteroatoms. The lowest BCUT2D eigenvalue weighted by Crippen LogP contribution is -2.45. The van der Waals surface area contributed by atoms with E-state index in [1.165, 1.54) is 35.0 Å². The number of rotatable bonds is 4. The number of nitrogens with zero attached hydrogens (tertiary/aromatic N) is 1. The van der Waals surface area contributed by atoms with Crippen LogP contribution in [-0.2, 0) is 0 Å². The SMILES string of the molecule is CCC1CN(C(c2ccc(C)s2)C(C)N)CCS1. The van der Waals surface area contributed by atoms with Crippen LogP contribution in [-0.4, -0.2) is 35.0 Å². The molecule has 0 saturated carbocycles. The molecule has 1 aliphatic rings. The van der Waals surface area contributed by atoms with Gasteiger partial charge >= 0.3 is 0 Å². The average Bonchev–Trinajstić information content (AvgIpc) is 2.75. The van der Waals surface area contributed by atoms with E-state index in [4.69, 9.17) is 5.73 Å². The summed E-state index contributed by atoms with van der Waals surface area (Å²) in [6.07, 6.45) is 1.26. The first kappa shape index (κ1) is 14.4.